The molecule has 2 aliphatic heterocycles. The van der Waals surface area contributed by atoms with Gasteiger partial charge >= 0.3 is 6.03 Å². The summed E-state index contributed by atoms with van der Waals surface area (Å²) in [6.07, 6.45) is -2.45. The average Bonchev–Trinajstić information content (AvgIpc) is 3.23. The predicted octanol–water partition coefficient (Wildman–Crippen LogP) is 3.31. The maximum absolute atomic E-state index is 14.6. The van der Waals surface area contributed by atoms with Crippen LogP contribution in [0.2, 0.25) is 0 Å². The van der Waals surface area contributed by atoms with Gasteiger partial charge in [-0.05, 0) is 6.92 Å². The molecule has 11 heteroatoms. The van der Waals surface area contributed by atoms with Crippen molar-refractivity contribution in [2.24, 2.45) is 0 Å². The quantitative estimate of drug-likeness (QED) is 0.705. The number of fused-ring (bicyclic) bond motifs is 1. The molecule has 2 amide bonds. The molecule has 32 heavy (non-hydrogen) atoms. The lowest BCUT2D eigenvalue weighted by molar-refractivity contribution is 0.0429. The van der Waals surface area contributed by atoms with Gasteiger partial charge in [0, 0.05) is 24.2 Å². The minimum absolute atomic E-state index is 0.0436. The molecule has 3 heterocycles. The monoisotopic (exact) mass is 449 g/mol. The molecule has 1 aromatic heterocycles. The molecule has 0 unspecified atom stereocenters. The van der Waals surface area contributed by atoms with E-state index in [1.54, 1.807) is 16.7 Å². The van der Waals surface area contributed by atoms with E-state index >= 15 is 0 Å². The van der Waals surface area contributed by atoms with Crippen LogP contribution >= 0.6 is 0 Å². The zero-order valence-electron chi connectivity index (χ0n) is 17.4. The number of urea groups is 1. The van der Waals surface area contributed by atoms with Crippen molar-refractivity contribution >= 4 is 18.1 Å². The molecule has 0 spiro atoms. The average molecular weight is 449 g/mol. The first-order chi connectivity index (χ1) is 15.4. The van der Waals surface area contributed by atoms with Gasteiger partial charge in [-0.3, -0.25) is 4.79 Å². The van der Waals surface area contributed by atoms with E-state index < -0.39 is 23.8 Å². The van der Waals surface area contributed by atoms with Gasteiger partial charge in [0.05, 0.1) is 43.6 Å². The molecule has 0 aliphatic carbocycles. The summed E-state index contributed by atoms with van der Waals surface area (Å²) in [6, 6.07) is 2.92. The maximum atomic E-state index is 14.6. The molecule has 1 fully saturated rings. The Bertz CT molecular complexity index is 1030. The Morgan fingerprint density at radius 2 is 1.88 bits per heavy atom. The Morgan fingerprint density at radius 3 is 2.56 bits per heavy atom. The van der Waals surface area contributed by atoms with Crippen molar-refractivity contribution < 1.29 is 27.5 Å². The summed E-state index contributed by atoms with van der Waals surface area (Å²) in [5.74, 6) is -0.808. The highest BCUT2D eigenvalue weighted by Crippen LogP contribution is 2.32. The summed E-state index contributed by atoms with van der Waals surface area (Å²) in [5.41, 5.74) is 0.483. The highest BCUT2D eigenvalue weighted by atomic mass is 19.3. The summed E-state index contributed by atoms with van der Waals surface area (Å²) < 4.78 is 46.0. The Balaban J connectivity index is 1.59. The number of hydrogen-bond donors (Lipinski definition) is 1. The van der Waals surface area contributed by atoms with Crippen LogP contribution in [0.1, 0.15) is 52.4 Å². The largest absolute Gasteiger partial charge is 0.378 e. The number of carbonyl (C=O) groups is 2. The van der Waals surface area contributed by atoms with E-state index in [-0.39, 0.29) is 36.3 Å². The molecular weight excluding hydrogens is 427 g/mol. The zero-order chi connectivity index (χ0) is 22.8. The zero-order valence-corrected chi connectivity index (χ0v) is 17.4. The number of ether oxygens (including phenoxy) is 1. The molecule has 2 aromatic rings. The number of anilines is 1. The van der Waals surface area contributed by atoms with Crippen molar-refractivity contribution in [1.82, 2.24) is 19.8 Å². The summed E-state index contributed by atoms with van der Waals surface area (Å²) in [5, 5.41) is 3.01. The van der Waals surface area contributed by atoms with Gasteiger partial charge in [0.2, 0.25) is 0 Å². The van der Waals surface area contributed by atoms with Gasteiger partial charge in [0.25, 0.3) is 6.43 Å². The van der Waals surface area contributed by atoms with Crippen LogP contribution in [0.3, 0.4) is 0 Å². The van der Waals surface area contributed by atoms with Crippen LogP contribution in [0.15, 0.2) is 18.2 Å². The molecule has 8 nitrogen and oxygen atoms in total. The van der Waals surface area contributed by atoms with E-state index in [4.69, 9.17) is 4.74 Å². The SMILES string of the molecule is C[C@@H](Nc1nc(C=O)nc2c1CN(C(=O)N1CCOCC1)C2)c1cccc(C(F)F)c1F. The van der Waals surface area contributed by atoms with Crippen LogP contribution in [0.4, 0.5) is 23.8 Å². The van der Waals surface area contributed by atoms with E-state index in [0.717, 1.165) is 6.07 Å². The topological polar surface area (TPSA) is 87.7 Å². The smallest absolute Gasteiger partial charge is 0.320 e. The highest BCUT2D eigenvalue weighted by Gasteiger charge is 2.32. The van der Waals surface area contributed by atoms with Crippen molar-refractivity contribution in [2.45, 2.75) is 32.5 Å². The van der Waals surface area contributed by atoms with Crippen LogP contribution in [0.25, 0.3) is 0 Å². The highest BCUT2D eigenvalue weighted by molar-refractivity contribution is 5.76. The molecule has 1 N–H and O–H groups in total. The number of rotatable bonds is 5. The first kappa shape index (κ1) is 22.0. The summed E-state index contributed by atoms with van der Waals surface area (Å²) in [6.45, 7) is 3.92. The van der Waals surface area contributed by atoms with Gasteiger partial charge in [0.1, 0.15) is 11.6 Å². The standard InChI is InChI=1S/C21H22F3N5O3/c1-12(13-3-2-4-14(18(13)22)19(23)24)25-20-15-9-29(10-16(15)26-17(11-30)27-20)21(31)28-5-7-32-8-6-28/h2-4,11-12,19H,5-10H2,1H3,(H,25,26,27)/t12-/m1/s1. The summed E-state index contributed by atoms with van der Waals surface area (Å²) in [7, 11) is 0. The number of morpholine rings is 1. The first-order valence-corrected chi connectivity index (χ1v) is 10.2. The normalized spacial score (nSPS) is 16.8. The van der Waals surface area contributed by atoms with E-state index in [9.17, 15) is 22.8 Å². The number of nitrogens with zero attached hydrogens (tertiary/aromatic N) is 4. The van der Waals surface area contributed by atoms with Gasteiger partial charge < -0.3 is 19.9 Å². The molecule has 1 aromatic carbocycles. The second kappa shape index (κ2) is 9.11. The molecule has 4 rings (SSSR count). The van der Waals surface area contributed by atoms with Gasteiger partial charge in [-0.15, -0.1) is 0 Å². The second-order valence-corrected chi connectivity index (χ2v) is 7.63. The first-order valence-electron chi connectivity index (χ1n) is 10.2. The molecular formula is C21H22F3N5O3. The Hall–Kier alpha value is -3.21. The second-order valence-electron chi connectivity index (χ2n) is 7.63. The lowest BCUT2D eigenvalue weighted by Crippen LogP contribution is -2.46. The number of carbonyl (C=O) groups excluding carboxylic acids is 2. The minimum Gasteiger partial charge on any atom is -0.378 e. The fourth-order valence-electron chi connectivity index (χ4n) is 3.89. The van der Waals surface area contributed by atoms with Crippen LogP contribution < -0.4 is 5.32 Å². The molecule has 170 valence electrons. The van der Waals surface area contributed by atoms with Gasteiger partial charge in [-0.1, -0.05) is 18.2 Å². The van der Waals surface area contributed by atoms with E-state index in [0.29, 0.717) is 43.8 Å². The van der Waals surface area contributed by atoms with Gasteiger partial charge in [-0.2, -0.15) is 0 Å². The van der Waals surface area contributed by atoms with Crippen LogP contribution in [0, 0.1) is 5.82 Å². The lowest BCUT2D eigenvalue weighted by atomic mass is 10.0. The van der Waals surface area contributed by atoms with Crippen molar-refractivity contribution in [2.75, 3.05) is 31.6 Å². The fourth-order valence-corrected chi connectivity index (χ4v) is 3.89. The molecule has 1 saturated heterocycles. The Labute approximate surface area is 182 Å². The van der Waals surface area contributed by atoms with Crippen LogP contribution in [-0.4, -0.2) is 58.4 Å². The van der Waals surface area contributed by atoms with E-state index in [2.05, 4.69) is 15.3 Å². The van der Waals surface area contributed by atoms with Crippen molar-refractivity contribution in [1.29, 1.82) is 0 Å². The fraction of sp³-hybridized carbons (Fsp3) is 0.429. The van der Waals surface area contributed by atoms with Crippen LogP contribution in [0.5, 0.6) is 0 Å². The predicted molar refractivity (Wildman–Crippen MR) is 108 cm³/mol. The number of hydrogen-bond acceptors (Lipinski definition) is 6. The number of benzene rings is 1. The summed E-state index contributed by atoms with van der Waals surface area (Å²) in [4.78, 5) is 35.9. The summed E-state index contributed by atoms with van der Waals surface area (Å²) >= 11 is 0. The third kappa shape index (κ3) is 4.24. The molecule has 0 saturated carbocycles. The molecule has 2 aliphatic rings. The van der Waals surface area contributed by atoms with E-state index in [1.807, 2.05) is 0 Å². The minimum atomic E-state index is -2.94. The third-order valence-corrected chi connectivity index (χ3v) is 5.57. The molecule has 1 atom stereocenters. The van der Waals surface area contributed by atoms with Gasteiger partial charge in [-0.25, -0.2) is 27.9 Å². The lowest BCUT2D eigenvalue weighted by Gasteiger charge is -2.30. The number of halogens is 3. The van der Waals surface area contributed by atoms with Crippen molar-refractivity contribution in [3.8, 4) is 0 Å². The molecule has 0 radical (unpaired) electrons. The Kier molecular flexibility index (Phi) is 6.26. The molecule has 0 bridgehead atoms. The third-order valence-electron chi connectivity index (χ3n) is 5.57. The number of aldehydes is 1. The Morgan fingerprint density at radius 1 is 1.16 bits per heavy atom. The number of amides is 2. The van der Waals surface area contributed by atoms with Crippen molar-refractivity contribution in [3.05, 3.63) is 52.2 Å². The number of nitrogens with one attached hydrogen (secondary N) is 1. The van der Waals surface area contributed by atoms with Crippen LogP contribution in [-0.2, 0) is 17.8 Å². The van der Waals surface area contributed by atoms with E-state index in [1.165, 1.54) is 12.1 Å². The van der Waals surface area contributed by atoms with Gasteiger partial charge in [0.15, 0.2) is 12.1 Å². The maximum Gasteiger partial charge on any atom is 0.320 e. The van der Waals surface area contributed by atoms with Crippen molar-refractivity contribution in [3.63, 3.8) is 0 Å². The number of alkyl halides is 2. The number of aromatic nitrogens is 2.